The van der Waals surface area contributed by atoms with Gasteiger partial charge in [0.2, 0.25) is 5.75 Å². The molecule has 3 rings (SSSR count). The van der Waals surface area contributed by atoms with Gasteiger partial charge in [-0.15, -0.1) is 0 Å². The van der Waals surface area contributed by atoms with Crippen molar-refractivity contribution in [2.45, 2.75) is 57.5 Å². The summed E-state index contributed by atoms with van der Waals surface area (Å²) >= 11 is 0. The van der Waals surface area contributed by atoms with Gasteiger partial charge in [0.1, 0.15) is 30.1 Å². The van der Waals surface area contributed by atoms with E-state index in [0.29, 0.717) is 25.0 Å². The van der Waals surface area contributed by atoms with E-state index in [-0.39, 0.29) is 23.3 Å². The van der Waals surface area contributed by atoms with Gasteiger partial charge >= 0.3 is 11.9 Å². The molecule has 10 heteroatoms. The van der Waals surface area contributed by atoms with Gasteiger partial charge in [-0.2, -0.15) is 0 Å². The number of carbonyl (C=O) groups is 3. The van der Waals surface area contributed by atoms with E-state index in [9.17, 15) is 14.4 Å². The van der Waals surface area contributed by atoms with Gasteiger partial charge in [0.15, 0.2) is 11.4 Å². The lowest BCUT2D eigenvalue weighted by atomic mass is 10.0. The summed E-state index contributed by atoms with van der Waals surface area (Å²) in [5.74, 6) is -1.23. The van der Waals surface area contributed by atoms with Crippen molar-refractivity contribution in [1.82, 2.24) is 10.3 Å². The summed E-state index contributed by atoms with van der Waals surface area (Å²) < 4.78 is 27.7. The highest BCUT2D eigenvalue weighted by Gasteiger charge is 2.36. The molecule has 0 unspecified atom stereocenters. The molecule has 10 nitrogen and oxygen atoms in total. The predicted octanol–water partition coefficient (Wildman–Crippen LogP) is 2.69. The molecule has 0 aliphatic carbocycles. The zero-order chi connectivity index (χ0) is 25.4. The van der Waals surface area contributed by atoms with E-state index >= 15 is 0 Å². The number of aromatic nitrogens is 1. The van der Waals surface area contributed by atoms with Crippen molar-refractivity contribution in [2.75, 3.05) is 14.2 Å². The molecular weight excluding hydrogens is 456 g/mol. The number of pyridine rings is 1. The van der Waals surface area contributed by atoms with Crippen molar-refractivity contribution in [3.8, 4) is 17.2 Å². The summed E-state index contributed by atoms with van der Waals surface area (Å²) in [6.45, 7) is 2.92. The number of hydrogen-bond donors (Lipinski definition) is 1. The van der Waals surface area contributed by atoms with Crippen molar-refractivity contribution in [3.05, 3.63) is 48.3 Å². The minimum absolute atomic E-state index is 0.124. The Balaban J connectivity index is 1.78. The van der Waals surface area contributed by atoms with Crippen LogP contribution in [0.5, 0.6) is 17.2 Å². The lowest BCUT2D eigenvalue weighted by Gasteiger charge is -2.30. The number of para-hydroxylation sites is 1. The van der Waals surface area contributed by atoms with E-state index in [1.165, 1.54) is 26.3 Å². The first-order valence-corrected chi connectivity index (χ1v) is 11.3. The van der Waals surface area contributed by atoms with Gasteiger partial charge in [0, 0.05) is 26.3 Å². The number of methoxy groups -OCH3 is 2. The van der Waals surface area contributed by atoms with E-state index in [0.717, 1.165) is 0 Å². The van der Waals surface area contributed by atoms with Gasteiger partial charge in [-0.1, -0.05) is 18.2 Å². The number of benzene rings is 1. The molecule has 1 aliphatic rings. The first-order valence-electron chi connectivity index (χ1n) is 11.3. The Bertz CT molecular complexity index is 1030. The normalized spacial score (nSPS) is 22.6. The topological polar surface area (TPSA) is 122 Å². The number of hydrogen-bond acceptors (Lipinski definition) is 9. The fraction of sp³-hybridized carbons (Fsp3) is 0.440. The molecular formula is C25H30N2O8. The number of nitrogens with zero attached hydrogens (tertiary/aromatic N) is 1. The molecule has 1 saturated heterocycles. The average molecular weight is 487 g/mol. The van der Waals surface area contributed by atoms with Crippen LogP contribution in [0.25, 0.3) is 0 Å². The maximum absolute atomic E-state index is 13.0. The Kier molecular flexibility index (Phi) is 9.02. The smallest absolute Gasteiger partial charge is 0.329 e. The monoisotopic (exact) mass is 486 g/mol. The average Bonchev–Trinajstić information content (AvgIpc) is 2.88. The first kappa shape index (κ1) is 26.0. The van der Waals surface area contributed by atoms with Crippen LogP contribution >= 0.6 is 0 Å². The van der Waals surface area contributed by atoms with E-state index in [1.54, 1.807) is 14.0 Å². The standard InChI is InChI=1S/C25H30N2O8/c1-15-22(32-4)20(35-17-9-6-5-7-10-17)12-8-11-18(25(30)33-15)27-24(29)21-23(34-16(2)28)19(31-3)13-14-26-21/h5-7,9-10,13-15,18,20,22H,8,11-12H2,1-4H3,(H,27,29)/t15-,18-,20-,22-/m0/s1. The second kappa shape index (κ2) is 12.2. The van der Waals surface area contributed by atoms with Crippen molar-refractivity contribution in [3.63, 3.8) is 0 Å². The van der Waals surface area contributed by atoms with Crippen LogP contribution in [0.2, 0.25) is 0 Å². The Labute approximate surface area is 203 Å². The number of ether oxygens (including phenoxy) is 5. The maximum Gasteiger partial charge on any atom is 0.329 e. The number of amides is 1. The second-order valence-electron chi connectivity index (χ2n) is 8.05. The van der Waals surface area contributed by atoms with Crippen LogP contribution in [-0.2, 0) is 19.1 Å². The summed E-state index contributed by atoms with van der Waals surface area (Å²) in [7, 11) is 2.92. The lowest BCUT2D eigenvalue weighted by molar-refractivity contribution is -0.160. The summed E-state index contributed by atoms with van der Waals surface area (Å²) in [4.78, 5) is 41.6. The van der Waals surface area contributed by atoms with E-state index in [4.69, 9.17) is 23.7 Å². The molecule has 0 spiro atoms. The van der Waals surface area contributed by atoms with Crippen LogP contribution in [0.4, 0.5) is 0 Å². The highest BCUT2D eigenvalue weighted by molar-refractivity contribution is 5.98. The van der Waals surface area contributed by atoms with Gasteiger partial charge in [0.05, 0.1) is 7.11 Å². The second-order valence-corrected chi connectivity index (χ2v) is 8.05. The summed E-state index contributed by atoms with van der Waals surface area (Å²) in [5, 5.41) is 2.66. The Morgan fingerprint density at radius 2 is 1.86 bits per heavy atom. The van der Waals surface area contributed by atoms with Crippen LogP contribution in [0.1, 0.15) is 43.6 Å². The highest BCUT2D eigenvalue weighted by atomic mass is 16.6. The lowest BCUT2D eigenvalue weighted by Crippen LogP contribution is -2.46. The number of nitrogens with one attached hydrogen (secondary N) is 1. The molecule has 1 amide bonds. The van der Waals surface area contributed by atoms with E-state index in [1.807, 2.05) is 30.3 Å². The number of rotatable bonds is 7. The maximum atomic E-state index is 13.0. The minimum atomic E-state index is -0.948. The molecule has 2 heterocycles. The molecule has 1 aliphatic heterocycles. The molecule has 1 fully saturated rings. The highest BCUT2D eigenvalue weighted by Crippen LogP contribution is 2.30. The number of esters is 2. The Morgan fingerprint density at radius 1 is 1.11 bits per heavy atom. The van der Waals surface area contributed by atoms with Gasteiger partial charge in [-0.3, -0.25) is 9.59 Å². The fourth-order valence-corrected chi connectivity index (χ4v) is 3.94. The van der Waals surface area contributed by atoms with Gasteiger partial charge in [-0.05, 0) is 38.3 Å². The molecule has 1 aromatic heterocycles. The van der Waals surface area contributed by atoms with Crippen LogP contribution in [0, 0.1) is 0 Å². The third-order valence-corrected chi connectivity index (χ3v) is 5.55. The van der Waals surface area contributed by atoms with E-state index in [2.05, 4.69) is 10.3 Å². The fourth-order valence-electron chi connectivity index (χ4n) is 3.94. The molecule has 188 valence electrons. The minimum Gasteiger partial charge on any atom is -0.493 e. The van der Waals surface area contributed by atoms with Crippen molar-refractivity contribution < 1.29 is 38.1 Å². The van der Waals surface area contributed by atoms with Crippen molar-refractivity contribution in [1.29, 1.82) is 0 Å². The summed E-state index contributed by atoms with van der Waals surface area (Å²) in [5.41, 5.74) is -0.180. The third kappa shape index (κ3) is 6.69. The van der Waals surface area contributed by atoms with Crippen LogP contribution < -0.4 is 19.5 Å². The zero-order valence-electron chi connectivity index (χ0n) is 20.2. The molecule has 1 aromatic carbocycles. The SMILES string of the molecule is COc1ccnc(C(=O)N[C@H]2CCC[C@H](Oc3ccccc3)[C@@H](OC)[C@H](C)OC2=O)c1OC(C)=O. The van der Waals surface area contributed by atoms with Crippen LogP contribution in [0.3, 0.4) is 0 Å². The molecule has 4 atom stereocenters. The van der Waals surface area contributed by atoms with Gasteiger partial charge < -0.3 is 29.0 Å². The van der Waals surface area contributed by atoms with Crippen molar-refractivity contribution >= 4 is 17.8 Å². The number of cyclic esters (lactones) is 1. The molecule has 35 heavy (non-hydrogen) atoms. The molecule has 2 aromatic rings. The summed E-state index contributed by atoms with van der Waals surface area (Å²) in [6, 6.07) is 9.85. The van der Waals surface area contributed by atoms with E-state index < -0.39 is 36.1 Å². The van der Waals surface area contributed by atoms with Crippen molar-refractivity contribution in [2.24, 2.45) is 0 Å². The zero-order valence-corrected chi connectivity index (χ0v) is 20.2. The quantitative estimate of drug-likeness (QED) is 0.589. The van der Waals surface area contributed by atoms with Gasteiger partial charge in [-0.25, -0.2) is 9.78 Å². The largest absolute Gasteiger partial charge is 0.493 e. The molecule has 0 radical (unpaired) electrons. The summed E-state index contributed by atoms with van der Waals surface area (Å²) in [6.07, 6.45) is 1.25. The molecule has 0 saturated carbocycles. The predicted molar refractivity (Wildman–Crippen MR) is 124 cm³/mol. The first-order chi connectivity index (χ1) is 16.8. The number of carbonyl (C=O) groups excluding carboxylic acids is 3. The third-order valence-electron chi connectivity index (χ3n) is 5.55. The van der Waals surface area contributed by atoms with Crippen LogP contribution in [0.15, 0.2) is 42.6 Å². The molecule has 1 N–H and O–H groups in total. The van der Waals surface area contributed by atoms with Gasteiger partial charge in [0.25, 0.3) is 5.91 Å². The Morgan fingerprint density at radius 3 is 2.51 bits per heavy atom. The molecule has 0 bridgehead atoms. The Hall–Kier alpha value is -3.66. The van der Waals surface area contributed by atoms with Crippen LogP contribution in [-0.4, -0.2) is 61.4 Å².